The molecule has 2 rings (SSSR count). The molecule has 1 aromatic carbocycles. The average molecular weight is 303 g/mol. The van der Waals surface area contributed by atoms with Crippen LogP contribution in [0.15, 0.2) is 12.1 Å². The molecule has 0 aliphatic carbocycles. The molecule has 1 N–H and O–H groups in total. The summed E-state index contributed by atoms with van der Waals surface area (Å²) in [7, 11) is 0. The number of anilines is 1. The first-order valence-corrected chi connectivity index (χ1v) is 8.12. The third-order valence-corrected chi connectivity index (χ3v) is 4.50. The summed E-state index contributed by atoms with van der Waals surface area (Å²) < 4.78 is 0. The second-order valence-corrected chi connectivity index (χ2v) is 8.57. The van der Waals surface area contributed by atoms with Gasteiger partial charge in [0.15, 0.2) is 0 Å². The molecule has 1 aromatic rings. The van der Waals surface area contributed by atoms with Crippen LogP contribution in [0.3, 0.4) is 0 Å². The molecule has 1 unspecified atom stereocenters. The normalized spacial score (nSPS) is 19.9. The number of phenols is 1. The van der Waals surface area contributed by atoms with Gasteiger partial charge < -0.3 is 10.0 Å². The molecule has 3 nitrogen and oxygen atoms in total. The van der Waals surface area contributed by atoms with Gasteiger partial charge in [-0.15, -0.1) is 0 Å². The number of carbonyl (C=O) groups is 1. The standard InChI is InChI=1S/C19H29NO2/c1-12-8-9-20(17(12)22)13-10-14(18(2,3)4)16(21)15(11-13)19(5,6)7/h10-12,21H,8-9H2,1-7H3. The van der Waals surface area contributed by atoms with Crippen LogP contribution in [0.5, 0.6) is 5.75 Å². The molecule has 0 radical (unpaired) electrons. The molecule has 0 spiro atoms. The Bertz CT molecular complexity index is 555. The number of benzene rings is 1. The Hall–Kier alpha value is -1.51. The molecule has 0 saturated carbocycles. The van der Waals surface area contributed by atoms with Gasteiger partial charge in [0.25, 0.3) is 0 Å². The smallest absolute Gasteiger partial charge is 0.229 e. The first-order chi connectivity index (χ1) is 9.93. The van der Waals surface area contributed by atoms with Crippen molar-refractivity contribution in [1.29, 1.82) is 0 Å². The van der Waals surface area contributed by atoms with Crippen LogP contribution in [0.2, 0.25) is 0 Å². The number of carbonyl (C=O) groups excluding carboxylic acids is 1. The number of nitrogens with zero attached hydrogens (tertiary/aromatic N) is 1. The van der Waals surface area contributed by atoms with Gasteiger partial charge in [-0.05, 0) is 29.4 Å². The molecule has 1 atom stereocenters. The summed E-state index contributed by atoms with van der Waals surface area (Å²) in [5.41, 5.74) is 2.38. The molecule has 122 valence electrons. The minimum atomic E-state index is -0.172. The molecular formula is C19H29NO2. The van der Waals surface area contributed by atoms with Gasteiger partial charge in [0.1, 0.15) is 5.75 Å². The molecule has 1 fully saturated rings. The summed E-state index contributed by atoms with van der Waals surface area (Å²) in [4.78, 5) is 14.2. The fourth-order valence-electron chi connectivity index (χ4n) is 3.00. The van der Waals surface area contributed by atoms with E-state index in [-0.39, 0.29) is 22.7 Å². The Balaban J connectivity index is 2.64. The highest BCUT2D eigenvalue weighted by molar-refractivity contribution is 5.97. The van der Waals surface area contributed by atoms with Crippen molar-refractivity contribution in [3.8, 4) is 5.75 Å². The lowest BCUT2D eigenvalue weighted by molar-refractivity contribution is -0.119. The highest BCUT2D eigenvalue weighted by Gasteiger charge is 2.32. The minimum Gasteiger partial charge on any atom is -0.507 e. The van der Waals surface area contributed by atoms with Crippen molar-refractivity contribution in [2.45, 2.75) is 65.7 Å². The maximum absolute atomic E-state index is 12.4. The number of hydrogen-bond acceptors (Lipinski definition) is 2. The number of aromatic hydroxyl groups is 1. The summed E-state index contributed by atoms with van der Waals surface area (Å²) in [5, 5.41) is 10.7. The third kappa shape index (κ3) is 2.99. The lowest BCUT2D eigenvalue weighted by Gasteiger charge is -2.30. The Labute approximate surface area is 134 Å². The lowest BCUT2D eigenvalue weighted by Crippen LogP contribution is -2.27. The zero-order valence-electron chi connectivity index (χ0n) is 14.9. The Morgan fingerprint density at radius 1 is 1.05 bits per heavy atom. The zero-order valence-corrected chi connectivity index (χ0v) is 14.9. The molecule has 1 aliphatic rings. The van der Waals surface area contributed by atoms with Crippen LogP contribution < -0.4 is 4.90 Å². The second-order valence-electron chi connectivity index (χ2n) is 8.57. The van der Waals surface area contributed by atoms with E-state index in [9.17, 15) is 9.90 Å². The van der Waals surface area contributed by atoms with Gasteiger partial charge in [-0.1, -0.05) is 48.5 Å². The molecule has 22 heavy (non-hydrogen) atoms. The molecule has 1 heterocycles. The fraction of sp³-hybridized carbons (Fsp3) is 0.632. The van der Waals surface area contributed by atoms with E-state index >= 15 is 0 Å². The van der Waals surface area contributed by atoms with E-state index in [0.29, 0.717) is 5.75 Å². The quantitative estimate of drug-likeness (QED) is 0.837. The maximum atomic E-state index is 12.4. The molecule has 0 bridgehead atoms. The molecule has 1 aliphatic heterocycles. The number of hydrogen-bond donors (Lipinski definition) is 1. The van der Waals surface area contributed by atoms with Crippen molar-refractivity contribution in [3.63, 3.8) is 0 Å². The van der Waals surface area contributed by atoms with Crippen LogP contribution in [0.25, 0.3) is 0 Å². The number of rotatable bonds is 1. The predicted molar refractivity (Wildman–Crippen MR) is 91.6 cm³/mol. The highest BCUT2D eigenvalue weighted by atomic mass is 16.3. The van der Waals surface area contributed by atoms with Crippen molar-refractivity contribution >= 4 is 11.6 Å². The van der Waals surface area contributed by atoms with Crippen molar-refractivity contribution in [3.05, 3.63) is 23.3 Å². The first-order valence-electron chi connectivity index (χ1n) is 8.12. The SMILES string of the molecule is CC1CCN(c2cc(C(C)(C)C)c(O)c(C(C)(C)C)c2)C1=O. The van der Waals surface area contributed by atoms with Crippen LogP contribution in [0, 0.1) is 5.92 Å². The van der Waals surface area contributed by atoms with Crippen LogP contribution in [0.1, 0.15) is 66.0 Å². The summed E-state index contributed by atoms with van der Waals surface area (Å²) in [6, 6.07) is 3.97. The van der Waals surface area contributed by atoms with Crippen molar-refractivity contribution in [2.24, 2.45) is 5.92 Å². The van der Waals surface area contributed by atoms with Crippen LogP contribution in [0.4, 0.5) is 5.69 Å². The average Bonchev–Trinajstić information content (AvgIpc) is 2.68. The van der Waals surface area contributed by atoms with Crippen LogP contribution >= 0.6 is 0 Å². The van der Waals surface area contributed by atoms with Gasteiger partial charge in [0.2, 0.25) is 5.91 Å². The Kier molecular flexibility index (Phi) is 4.05. The van der Waals surface area contributed by atoms with E-state index in [1.54, 1.807) is 0 Å². The summed E-state index contributed by atoms with van der Waals surface area (Å²) in [6.07, 6.45) is 0.898. The maximum Gasteiger partial charge on any atom is 0.229 e. The van der Waals surface area contributed by atoms with E-state index in [0.717, 1.165) is 29.8 Å². The molecule has 1 saturated heterocycles. The van der Waals surface area contributed by atoms with E-state index in [4.69, 9.17) is 0 Å². The predicted octanol–water partition coefficient (Wildman–Crippen LogP) is 4.36. The van der Waals surface area contributed by atoms with Crippen LogP contribution in [-0.4, -0.2) is 17.6 Å². The van der Waals surface area contributed by atoms with E-state index in [2.05, 4.69) is 41.5 Å². The third-order valence-electron chi connectivity index (χ3n) is 4.50. The topological polar surface area (TPSA) is 40.5 Å². The van der Waals surface area contributed by atoms with Crippen molar-refractivity contribution in [2.75, 3.05) is 11.4 Å². The number of amides is 1. The highest BCUT2D eigenvalue weighted by Crippen LogP contribution is 2.42. The van der Waals surface area contributed by atoms with Crippen molar-refractivity contribution in [1.82, 2.24) is 0 Å². The first kappa shape index (κ1) is 16.9. The zero-order chi connectivity index (χ0) is 16.9. The lowest BCUT2D eigenvalue weighted by atomic mass is 9.79. The van der Waals surface area contributed by atoms with E-state index in [1.807, 2.05) is 24.0 Å². The molecule has 1 amide bonds. The molecule has 0 aromatic heterocycles. The fourth-order valence-corrected chi connectivity index (χ4v) is 3.00. The van der Waals surface area contributed by atoms with Gasteiger partial charge in [-0.25, -0.2) is 0 Å². The summed E-state index contributed by atoms with van der Waals surface area (Å²) >= 11 is 0. The van der Waals surface area contributed by atoms with E-state index < -0.39 is 0 Å². The van der Waals surface area contributed by atoms with Gasteiger partial charge >= 0.3 is 0 Å². The van der Waals surface area contributed by atoms with Gasteiger partial charge in [-0.3, -0.25) is 4.79 Å². The molecular weight excluding hydrogens is 274 g/mol. The Morgan fingerprint density at radius 3 is 1.82 bits per heavy atom. The monoisotopic (exact) mass is 303 g/mol. The largest absolute Gasteiger partial charge is 0.507 e. The van der Waals surface area contributed by atoms with E-state index in [1.165, 1.54) is 0 Å². The van der Waals surface area contributed by atoms with Crippen LogP contribution in [-0.2, 0) is 15.6 Å². The Morgan fingerprint density at radius 2 is 1.50 bits per heavy atom. The molecule has 3 heteroatoms. The summed E-state index contributed by atoms with van der Waals surface area (Å²) in [5.74, 6) is 0.638. The minimum absolute atomic E-state index is 0.0879. The second kappa shape index (κ2) is 5.29. The van der Waals surface area contributed by atoms with Gasteiger partial charge in [-0.2, -0.15) is 0 Å². The summed E-state index contributed by atoms with van der Waals surface area (Å²) in [6.45, 7) is 15.3. The number of phenolic OH excluding ortho intramolecular Hbond substituents is 1. The van der Waals surface area contributed by atoms with Crippen molar-refractivity contribution < 1.29 is 9.90 Å². The van der Waals surface area contributed by atoms with Gasteiger partial charge in [0.05, 0.1) is 0 Å². The van der Waals surface area contributed by atoms with Gasteiger partial charge in [0, 0.05) is 29.3 Å².